The van der Waals surface area contributed by atoms with Crippen molar-refractivity contribution in [1.29, 1.82) is 0 Å². The van der Waals surface area contributed by atoms with Crippen molar-refractivity contribution >= 4 is 67.7 Å². The first-order valence-electron chi connectivity index (χ1n) is 14.4. The van der Waals surface area contributed by atoms with Crippen molar-refractivity contribution in [2.45, 2.75) is 19.0 Å². The number of aromatic nitrogens is 2. The summed E-state index contributed by atoms with van der Waals surface area (Å²) >= 11 is 0. The predicted molar refractivity (Wildman–Crippen MR) is 175 cm³/mol. The third-order valence-corrected chi connectivity index (χ3v) is 8.50. The van der Waals surface area contributed by atoms with Gasteiger partial charge in [0.2, 0.25) is 0 Å². The van der Waals surface area contributed by atoms with Crippen LogP contribution in [0.3, 0.4) is 0 Å². The van der Waals surface area contributed by atoms with Crippen molar-refractivity contribution < 1.29 is 0 Å². The molecule has 6 nitrogen and oxygen atoms in total. The molecule has 1 N–H and O–H groups in total. The van der Waals surface area contributed by atoms with Crippen molar-refractivity contribution in [2.75, 3.05) is 0 Å². The number of hydrogen-bond donors (Lipinski definition) is 1. The van der Waals surface area contributed by atoms with E-state index in [1.54, 1.807) is 12.4 Å². The Bertz CT molecular complexity index is 2270. The van der Waals surface area contributed by atoms with E-state index < -0.39 is 0 Å². The number of benzene rings is 4. The molecule has 1 aliphatic carbocycles. The number of aliphatic imine (C=N–C) groups is 3. The van der Waals surface area contributed by atoms with E-state index >= 15 is 0 Å². The summed E-state index contributed by atoms with van der Waals surface area (Å²) in [6.07, 6.45) is 11.6. The fraction of sp³-hybridized carbons (Fsp3) is 0.0833. The molecular formula is C36H26N6. The van der Waals surface area contributed by atoms with E-state index in [4.69, 9.17) is 4.99 Å². The summed E-state index contributed by atoms with van der Waals surface area (Å²) < 4.78 is 4.72. The summed E-state index contributed by atoms with van der Waals surface area (Å²) in [6.45, 7) is 0. The lowest BCUT2D eigenvalue weighted by molar-refractivity contribution is 0.732. The molecular weight excluding hydrogens is 516 g/mol. The van der Waals surface area contributed by atoms with E-state index in [0.717, 1.165) is 41.1 Å². The molecule has 200 valence electrons. The number of allylic oxidation sites excluding steroid dienone is 4. The summed E-state index contributed by atoms with van der Waals surface area (Å²) in [5.74, 6) is 1.63. The number of amidine groups is 1. The van der Waals surface area contributed by atoms with Gasteiger partial charge in [0.15, 0.2) is 12.0 Å². The van der Waals surface area contributed by atoms with Crippen LogP contribution in [0.5, 0.6) is 0 Å². The van der Waals surface area contributed by atoms with Gasteiger partial charge in [0.05, 0.1) is 22.1 Å². The zero-order valence-corrected chi connectivity index (χ0v) is 22.8. The van der Waals surface area contributed by atoms with Gasteiger partial charge in [0.1, 0.15) is 11.5 Å². The van der Waals surface area contributed by atoms with Crippen LogP contribution in [0.15, 0.2) is 135 Å². The van der Waals surface area contributed by atoms with Crippen LogP contribution in [0.25, 0.3) is 55.1 Å². The Morgan fingerprint density at radius 2 is 1.40 bits per heavy atom. The lowest BCUT2D eigenvalue weighted by Crippen LogP contribution is -2.40. The molecule has 6 heteroatoms. The van der Waals surface area contributed by atoms with Crippen LogP contribution in [-0.4, -0.2) is 33.6 Å². The fourth-order valence-electron chi connectivity index (χ4n) is 6.65. The topological polar surface area (TPSA) is 59.0 Å². The standard InChI is InChI=1S/C36H26N6/c1-3-11-23(12-4-1)33-36(40-35-34(39-33)37-19-20-38-35)42-30-18-10-8-16-26(30)28-21-27-25-15-7-9-17-29(25)41(31(27)22-32(28)42)24-13-5-2-6-14-24/h1-3,5-11,13-22,35,40H,4,12H2. The molecule has 3 aliphatic rings. The number of hydrogen-bond acceptors (Lipinski definition) is 4. The first-order chi connectivity index (χ1) is 20.8. The molecule has 1 atom stereocenters. The Balaban J connectivity index is 1.43. The molecule has 2 aliphatic heterocycles. The molecule has 9 rings (SSSR count). The summed E-state index contributed by atoms with van der Waals surface area (Å²) in [7, 11) is 0. The van der Waals surface area contributed by atoms with E-state index in [2.05, 4.69) is 134 Å². The van der Waals surface area contributed by atoms with Crippen LogP contribution in [0.1, 0.15) is 12.8 Å². The molecule has 4 heterocycles. The highest BCUT2D eigenvalue weighted by Crippen LogP contribution is 2.41. The van der Waals surface area contributed by atoms with Crippen LogP contribution >= 0.6 is 0 Å². The molecule has 0 fully saturated rings. The Hall–Kier alpha value is -5.49. The van der Waals surface area contributed by atoms with Gasteiger partial charge in [-0.05, 0) is 54.8 Å². The van der Waals surface area contributed by atoms with Crippen LogP contribution in [-0.2, 0) is 0 Å². The first kappa shape index (κ1) is 23.2. The van der Waals surface area contributed by atoms with Crippen molar-refractivity contribution in [1.82, 2.24) is 14.5 Å². The van der Waals surface area contributed by atoms with Crippen LogP contribution in [0.2, 0.25) is 0 Å². The van der Waals surface area contributed by atoms with Crippen LogP contribution in [0, 0.1) is 0 Å². The van der Waals surface area contributed by atoms with Gasteiger partial charge in [0.25, 0.3) is 0 Å². The minimum atomic E-state index is -0.329. The maximum Gasteiger partial charge on any atom is 0.180 e. The summed E-state index contributed by atoms with van der Waals surface area (Å²) in [5, 5.41) is 8.64. The lowest BCUT2D eigenvalue weighted by atomic mass is 10.0. The third kappa shape index (κ3) is 3.35. The first-order valence-corrected chi connectivity index (χ1v) is 14.4. The molecule has 0 radical (unpaired) electrons. The monoisotopic (exact) mass is 542 g/mol. The number of fused-ring (bicyclic) bond motifs is 7. The molecule has 2 aromatic heterocycles. The Morgan fingerprint density at radius 1 is 0.690 bits per heavy atom. The number of para-hydroxylation sites is 3. The Labute approximate surface area is 242 Å². The minimum absolute atomic E-state index is 0.329. The van der Waals surface area contributed by atoms with Gasteiger partial charge in [-0.3, -0.25) is 9.56 Å². The van der Waals surface area contributed by atoms with Gasteiger partial charge in [-0.2, -0.15) is 0 Å². The van der Waals surface area contributed by atoms with Gasteiger partial charge in [-0.1, -0.05) is 72.8 Å². The van der Waals surface area contributed by atoms with Gasteiger partial charge < -0.3 is 9.88 Å². The quantitative estimate of drug-likeness (QED) is 0.244. The van der Waals surface area contributed by atoms with Crippen LogP contribution in [0.4, 0.5) is 0 Å². The Morgan fingerprint density at radius 3 is 2.17 bits per heavy atom. The lowest BCUT2D eigenvalue weighted by Gasteiger charge is -2.28. The highest BCUT2D eigenvalue weighted by Gasteiger charge is 2.29. The highest BCUT2D eigenvalue weighted by molar-refractivity contribution is 6.23. The molecule has 4 aromatic carbocycles. The summed E-state index contributed by atoms with van der Waals surface area (Å²) in [5.41, 5.74) is 7.88. The Kier molecular flexibility index (Phi) is 4.99. The van der Waals surface area contributed by atoms with Gasteiger partial charge in [-0.25, -0.2) is 9.98 Å². The third-order valence-electron chi connectivity index (χ3n) is 8.50. The SMILES string of the molecule is C1=CCCC(C2=C(n3c4ccccc4c4cc5c6ccccc6n(-c6ccccc6)c5cc43)NC3N=CC=NC3=N2)=C1. The number of rotatable bonds is 3. The number of nitrogens with zero attached hydrogens (tertiary/aromatic N) is 5. The normalized spacial score (nSPS) is 18.1. The van der Waals surface area contributed by atoms with Crippen molar-refractivity contribution in [3.8, 4) is 5.69 Å². The average Bonchev–Trinajstić information content (AvgIpc) is 3.56. The van der Waals surface area contributed by atoms with Crippen molar-refractivity contribution in [3.63, 3.8) is 0 Å². The molecule has 6 aromatic rings. The maximum absolute atomic E-state index is 5.13. The van der Waals surface area contributed by atoms with Crippen molar-refractivity contribution in [3.05, 3.63) is 120 Å². The van der Waals surface area contributed by atoms with Gasteiger partial charge in [0, 0.05) is 39.7 Å². The zero-order valence-electron chi connectivity index (χ0n) is 22.8. The van der Waals surface area contributed by atoms with E-state index in [1.165, 1.54) is 38.2 Å². The van der Waals surface area contributed by atoms with E-state index in [0.29, 0.717) is 5.84 Å². The van der Waals surface area contributed by atoms with E-state index in [9.17, 15) is 0 Å². The molecule has 0 bridgehead atoms. The number of nitrogens with one attached hydrogen (secondary N) is 1. The molecule has 1 unspecified atom stereocenters. The van der Waals surface area contributed by atoms with Crippen molar-refractivity contribution in [2.24, 2.45) is 15.0 Å². The molecule has 0 spiro atoms. The second-order valence-electron chi connectivity index (χ2n) is 10.9. The zero-order chi connectivity index (χ0) is 27.6. The van der Waals surface area contributed by atoms with E-state index in [1.807, 2.05) is 0 Å². The van der Waals surface area contributed by atoms with Crippen LogP contribution < -0.4 is 5.32 Å². The maximum atomic E-state index is 5.13. The summed E-state index contributed by atoms with van der Waals surface area (Å²) in [6, 6.07) is 32.7. The largest absolute Gasteiger partial charge is 0.342 e. The molecule has 0 saturated carbocycles. The average molecular weight is 543 g/mol. The van der Waals surface area contributed by atoms with Gasteiger partial charge >= 0.3 is 0 Å². The van der Waals surface area contributed by atoms with Gasteiger partial charge in [-0.15, -0.1) is 0 Å². The highest BCUT2D eigenvalue weighted by atomic mass is 15.3. The molecule has 0 amide bonds. The predicted octanol–water partition coefficient (Wildman–Crippen LogP) is 7.78. The second-order valence-corrected chi connectivity index (χ2v) is 10.9. The molecule has 0 saturated heterocycles. The van der Waals surface area contributed by atoms with E-state index in [-0.39, 0.29) is 6.17 Å². The fourth-order valence-corrected chi connectivity index (χ4v) is 6.65. The smallest absolute Gasteiger partial charge is 0.180 e. The molecule has 42 heavy (non-hydrogen) atoms. The minimum Gasteiger partial charge on any atom is -0.342 e. The second kappa shape index (κ2) is 9.01. The summed E-state index contributed by atoms with van der Waals surface area (Å²) in [4.78, 5) is 14.4.